The van der Waals surface area contributed by atoms with E-state index >= 15 is 0 Å². The summed E-state index contributed by atoms with van der Waals surface area (Å²) in [6.07, 6.45) is 6.64. The third-order valence-electron chi connectivity index (χ3n) is 4.66. The SMILES string of the molecule is CNS(=O)(=O)c1cc(NC(=O)C(N)CC2CCCCC2)ccc1C. The summed E-state index contributed by atoms with van der Waals surface area (Å²) in [6, 6.07) is 4.26. The van der Waals surface area contributed by atoms with Crippen LogP contribution in [0.2, 0.25) is 0 Å². The Morgan fingerprint density at radius 3 is 2.58 bits per heavy atom. The van der Waals surface area contributed by atoms with Gasteiger partial charge in [0.1, 0.15) is 0 Å². The topological polar surface area (TPSA) is 101 Å². The molecule has 1 saturated carbocycles. The van der Waals surface area contributed by atoms with E-state index in [4.69, 9.17) is 5.73 Å². The summed E-state index contributed by atoms with van der Waals surface area (Å²) < 4.78 is 26.3. The minimum absolute atomic E-state index is 0.156. The molecule has 1 amide bonds. The molecule has 1 aromatic rings. The van der Waals surface area contributed by atoms with Crippen LogP contribution in [0.3, 0.4) is 0 Å². The highest BCUT2D eigenvalue weighted by Gasteiger charge is 2.22. The summed E-state index contributed by atoms with van der Waals surface area (Å²) in [6.45, 7) is 1.71. The highest BCUT2D eigenvalue weighted by atomic mass is 32.2. The standard InChI is InChI=1S/C17H27N3O3S/c1-12-8-9-14(11-16(12)24(22,23)19-2)20-17(21)15(18)10-13-6-4-3-5-7-13/h8-9,11,13,15,19H,3-7,10,18H2,1-2H3,(H,20,21). The fourth-order valence-corrected chi connectivity index (χ4v) is 4.20. The lowest BCUT2D eigenvalue weighted by atomic mass is 9.85. The molecule has 1 aliphatic rings. The predicted octanol–water partition coefficient (Wildman–Crippen LogP) is 2.14. The maximum atomic E-state index is 12.3. The van der Waals surface area contributed by atoms with Crippen molar-refractivity contribution in [2.45, 2.75) is 56.4 Å². The zero-order chi connectivity index (χ0) is 17.7. The number of carbonyl (C=O) groups is 1. The van der Waals surface area contributed by atoms with Gasteiger partial charge in [0.05, 0.1) is 10.9 Å². The van der Waals surface area contributed by atoms with Crippen LogP contribution >= 0.6 is 0 Å². The van der Waals surface area contributed by atoms with Gasteiger partial charge in [-0.15, -0.1) is 0 Å². The quantitative estimate of drug-likeness (QED) is 0.729. The van der Waals surface area contributed by atoms with E-state index in [1.807, 2.05) is 0 Å². The van der Waals surface area contributed by atoms with Gasteiger partial charge < -0.3 is 11.1 Å². The molecule has 1 aromatic carbocycles. The van der Waals surface area contributed by atoms with Gasteiger partial charge in [-0.05, 0) is 44.0 Å². The number of rotatable bonds is 6. The van der Waals surface area contributed by atoms with Crippen molar-refractivity contribution in [1.29, 1.82) is 0 Å². The van der Waals surface area contributed by atoms with Crippen LogP contribution in [0.15, 0.2) is 23.1 Å². The van der Waals surface area contributed by atoms with E-state index in [0.717, 1.165) is 12.8 Å². The van der Waals surface area contributed by atoms with Crippen LogP contribution in [0.25, 0.3) is 0 Å². The molecule has 0 bridgehead atoms. The minimum atomic E-state index is -3.56. The molecule has 2 rings (SSSR count). The number of carbonyl (C=O) groups excluding carboxylic acids is 1. The molecular formula is C17H27N3O3S. The van der Waals surface area contributed by atoms with Crippen LogP contribution in [-0.4, -0.2) is 27.4 Å². The second-order valence-corrected chi connectivity index (χ2v) is 8.38. The lowest BCUT2D eigenvalue weighted by Gasteiger charge is -2.24. The molecule has 0 saturated heterocycles. The van der Waals surface area contributed by atoms with Gasteiger partial charge in [-0.25, -0.2) is 13.1 Å². The molecule has 1 unspecified atom stereocenters. The Hall–Kier alpha value is -1.44. The fraction of sp³-hybridized carbons (Fsp3) is 0.588. The number of hydrogen-bond acceptors (Lipinski definition) is 4. The van der Waals surface area contributed by atoms with E-state index in [-0.39, 0.29) is 10.8 Å². The molecule has 1 atom stereocenters. The minimum Gasteiger partial charge on any atom is -0.325 e. The maximum absolute atomic E-state index is 12.3. The van der Waals surface area contributed by atoms with Crippen LogP contribution in [0.4, 0.5) is 5.69 Å². The zero-order valence-corrected chi connectivity index (χ0v) is 15.2. The smallest absolute Gasteiger partial charge is 0.241 e. The van der Waals surface area contributed by atoms with Gasteiger partial charge in [0.25, 0.3) is 0 Å². The summed E-state index contributed by atoms with van der Waals surface area (Å²) >= 11 is 0. The van der Waals surface area contributed by atoms with E-state index in [9.17, 15) is 13.2 Å². The van der Waals surface area contributed by atoms with E-state index in [1.54, 1.807) is 19.1 Å². The Balaban J connectivity index is 2.04. The molecule has 1 aliphatic carbocycles. The summed E-state index contributed by atoms with van der Waals surface area (Å²) in [4.78, 5) is 12.5. The van der Waals surface area contributed by atoms with E-state index in [2.05, 4.69) is 10.0 Å². The summed E-state index contributed by atoms with van der Waals surface area (Å²) in [5, 5.41) is 2.74. The van der Waals surface area contributed by atoms with Gasteiger partial charge in [-0.1, -0.05) is 38.2 Å². The monoisotopic (exact) mass is 353 g/mol. The fourth-order valence-electron chi connectivity index (χ4n) is 3.20. The summed E-state index contributed by atoms with van der Waals surface area (Å²) in [5.41, 5.74) is 7.10. The van der Waals surface area contributed by atoms with Crippen molar-refractivity contribution >= 4 is 21.6 Å². The van der Waals surface area contributed by atoms with Crippen molar-refractivity contribution in [3.8, 4) is 0 Å². The highest BCUT2D eigenvalue weighted by molar-refractivity contribution is 7.89. The molecule has 0 aromatic heterocycles. The molecule has 24 heavy (non-hydrogen) atoms. The average Bonchev–Trinajstić information content (AvgIpc) is 2.57. The number of anilines is 1. The first-order valence-corrected chi connectivity index (χ1v) is 9.92. The number of nitrogens with two attached hydrogens (primary N) is 1. The van der Waals surface area contributed by atoms with Crippen molar-refractivity contribution in [3.63, 3.8) is 0 Å². The Kier molecular flexibility index (Phi) is 6.37. The number of nitrogens with one attached hydrogen (secondary N) is 2. The van der Waals surface area contributed by atoms with Gasteiger partial charge in [-0.3, -0.25) is 4.79 Å². The van der Waals surface area contributed by atoms with Crippen molar-refractivity contribution in [1.82, 2.24) is 4.72 Å². The first-order chi connectivity index (χ1) is 11.3. The largest absolute Gasteiger partial charge is 0.325 e. The number of amides is 1. The number of hydrogen-bond donors (Lipinski definition) is 3. The second-order valence-electron chi connectivity index (χ2n) is 6.52. The Morgan fingerprint density at radius 1 is 1.29 bits per heavy atom. The second kappa shape index (κ2) is 8.09. The lowest BCUT2D eigenvalue weighted by molar-refractivity contribution is -0.117. The molecule has 0 spiro atoms. The average molecular weight is 353 g/mol. The first kappa shape index (κ1) is 18.9. The maximum Gasteiger partial charge on any atom is 0.241 e. The number of benzene rings is 1. The molecule has 0 radical (unpaired) electrons. The van der Waals surface area contributed by atoms with Crippen molar-refractivity contribution in [2.75, 3.05) is 12.4 Å². The Morgan fingerprint density at radius 2 is 1.96 bits per heavy atom. The van der Waals surface area contributed by atoms with Crippen LogP contribution in [0.1, 0.15) is 44.1 Å². The Labute approximate surface area is 144 Å². The van der Waals surface area contributed by atoms with E-state index < -0.39 is 16.1 Å². The van der Waals surface area contributed by atoms with E-state index in [0.29, 0.717) is 23.6 Å². The van der Waals surface area contributed by atoms with Crippen LogP contribution < -0.4 is 15.8 Å². The van der Waals surface area contributed by atoms with E-state index in [1.165, 1.54) is 32.4 Å². The van der Waals surface area contributed by atoms with Crippen LogP contribution in [0, 0.1) is 12.8 Å². The predicted molar refractivity (Wildman–Crippen MR) is 95.2 cm³/mol. The van der Waals surface area contributed by atoms with Crippen LogP contribution in [-0.2, 0) is 14.8 Å². The van der Waals surface area contributed by atoms with Crippen molar-refractivity contribution < 1.29 is 13.2 Å². The Bertz CT molecular complexity index is 682. The summed E-state index contributed by atoms with van der Waals surface area (Å²) in [5.74, 6) is 0.245. The number of aryl methyl sites for hydroxylation is 1. The van der Waals surface area contributed by atoms with Gasteiger partial charge in [0, 0.05) is 5.69 Å². The van der Waals surface area contributed by atoms with Gasteiger partial charge >= 0.3 is 0 Å². The van der Waals surface area contributed by atoms with Gasteiger partial charge in [0.15, 0.2) is 0 Å². The molecule has 7 heteroatoms. The number of sulfonamides is 1. The third kappa shape index (κ3) is 4.78. The van der Waals surface area contributed by atoms with Crippen molar-refractivity contribution in [3.05, 3.63) is 23.8 Å². The zero-order valence-electron chi connectivity index (χ0n) is 14.3. The highest BCUT2D eigenvalue weighted by Crippen LogP contribution is 2.27. The third-order valence-corrected chi connectivity index (χ3v) is 6.22. The summed E-state index contributed by atoms with van der Waals surface area (Å²) in [7, 11) is -2.20. The molecular weight excluding hydrogens is 326 g/mol. The molecule has 0 heterocycles. The normalized spacial score (nSPS) is 17.5. The molecule has 134 valence electrons. The first-order valence-electron chi connectivity index (χ1n) is 8.44. The molecule has 0 aliphatic heterocycles. The molecule has 1 fully saturated rings. The molecule has 4 N–H and O–H groups in total. The molecule has 6 nitrogen and oxygen atoms in total. The van der Waals surface area contributed by atoms with Gasteiger partial charge in [-0.2, -0.15) is 0 Å². The lowest BCUT2D eigenvalue weighted by Crippen LogP contribution is -2.37. The van der Waals surface area contributed by atoms with Gasteiger partial charge in [0.2, 0.25) is 15.9 Å². The van der Waals surface area contributed by atoms with Crippen molar-refractivity contribution in [2.24, 2.45) is 11.7 Å². The van der Waals surface area contributed by atoms with Crippen LogP contribution in [0.5, 0.6) is 0 Å².